The SMILES string of the molecule is CC(Nc1ccc(C#N)c(Cl)c1)c1cccc(F)c1F. The third-order valence-electron chi connectivity index (χ3n) is 2.92. The second kappa shape index (κ2) is 5.89. The maximum Gasteiger partial charge on any atom is 0.164 e. The van der Waals surface area contributed by atoms with Gasteiger partial charge >= 0.3 is 0 Å². The van der Waals surface area contributed by atoms with Crippen molar-refractivity contribution in [3.05, 3.63) is 64.2 Å². The van der Waals surface area contributed by atoms with Gasteiger partial charge in [0.15, 0.2) is 11.6 Å². The van der Waals surface area contributed by atoms with Crippen LogP contribution in [0.1, 0.15) is 24.1 Å². The topological polar surface area (TPSA) is 35.8 Å². The number of hydrogen-bond acceptors (Lipinski definition) is 2. The van der Waals surface area contributed by atoms with E-state index in [0.29, 0.717) is 16.3 Å². The number of nitrogens with one attached hydrogen (secondary N) is 1. The molecule has 1 unspecified atom stereocenters. The first-order chi connectivity index (χ1) is 9.52. The highest BCUT2D eigenvalue weighted by Crippen LogP contribution is 2.26. The summed E-state index contributed by atoms with van der Waals surface area (Å²) >= 11 is 5.92. The molecule has 2 aromatic rings. The fourth-order valence-electron chi connectivity index (χ4n) is 1.88. The van der Waals surface area contributed by atoms with Crippen LogP contribution >= 0.6 is 11.6 Å². The lowest BCUT2D eigenvalue weighted by atomic mass is 10.1. The summed E-state index contributed by atoms with van der Waals surface area (Å²) in [6.45, 7) is 1.71. The minimum absolute atomic E-state index is 0.227. The fraction of sp³-hybridized carbons (Fsp3) is 0.133. The molecule has 0 aliphatic rings. The molecule has 0 heterocycles. The molecule has 1 atom stereocenters. The van der Waals surface area contributed by atoms with Crippen molar-refractivity contribution in [1.82, 2.24) is 0 Å². The lowest BCUT2D eigenvalue weighted by Crippen LogP contribution is -2.09. The van der Waals surface area contributed by atoms with E-state index in [2.05, 4.69) is 5.32 Å². The monoisotopic (exact) mass is 292 g/mol. The first-order valence-corrected chi connectivity index (χ1v) is 6.31. The van der Waals surface area contributed by atoms with E-state index in [0.717, 1.165) is 6.07 Å². The minimum atomic E-state index is -0.881. The third kappa shape index (κ3) is 2.89. The molecule has 2 nitrogen and oxygen atoms in total. The molecule has 0 fully saturated rings. The van der Waals surface area contributed by atoms with Gasteiger partial charge in [-0.05, 0) is 31.2 Å². The third-order valence-corrected chi connectivity index (χ3v) is 3.23. The second-order valence-electron chi connectivity index (χ2n) is 4.32. The summed E-state index contributed by atoms with van der Waals surface area (Å²) in [5.74, 6) is -1.75. The molecule has 0 saturated heterocycles. The standard InChI is InChI=1S/C15H11ClF2N2/c1-9(12-3-2-4-14(17)15(12)18)20-11-6-5-10(8-19)13(16)7-11/h2-7,9,20H,1H3. The molecule has 0 bridgehead atoms. The zero-order valence-electron chi connectivity index (χ0n) is 10.6. The summed E-state index contributed by atoms with van der Waals surface area (Å²) in [5, 5.41) is 12.1. The quantitative estimate of drug-likeness (QED) is 0.893. The average molecular weight is 293 g/mol. The molecule has 2 rings (SSSR count). The van der Waals surface area contributed by atoms with Crippen LogP contribution < -0.4 is 5.32 Å². The van der Waals surface area contributed by atoms with Crippen LogP contribution in [0.2, 0.25) is 5.02 Å². The van der Waals surface area contributed by atoms with Crippen molar-refractivity contribution in [2.24, 2.45) is 0 Å². The highest BCUT2D eigenvalue weighted by molar-refractivity contribution is 6.32. The Morgan fingerprint density at radius 3 is 2.65 bits per heavy atom. The van der Waals surface area contributed by atoms with Gasteiger partial charge in [0.05, 0.1) is 16.6 Å². The minimum Gasteiger partial charge on any atom is -0.378 e. The molecule has 0 aromatic heterocycles. The molecule has 0 radical (unpaired) electrons. The van der Waals surface area contributed by atoms with Crippen LogP contribution in [-0.2, 0) is 0 Å². The fourth-order valence-corrected chi connectivity index (χ4v) is 2.10. The lowest BCUT2D eigenvalue weighted by molar-refractivity contribution is 0.494. The van der Waals surface area contributed by atoms with E-state index in [1.807, 2.05) is 6.07 Å². The van der Waals surface area contributed by atoms with Crippen molar-refractivity contribution in [3.8, 4) is 6.07 Å². The van der Waals surface area contributed by atoms with Crippen molar-refractivity contribution >= 4 is 17.3 Å². The van der Waals surface area contributed by atoms with Gasteiger partial charge in [0, 0.05) is 11.3 Å². The zero-order valence-corrected chi connectivity index (χ0v) is 11.4. The van der Waals surface area contributed by atoms with Gasteiger partial charge < -0.3 is 5.32 Å². The number of benzene rings is 2. The number of anilines is 1. The Hall–Kier alpha value is -2.12. The number of nitrogens with zero attached hydrogens (tertiary/aromatic N) is 1. The van der Waals surface area contributed by atoms with Crippen LogP contribution in [0.5, 0.6) is 0 Å². The highest BCUT2D eigenvalue weighted by atomic mass is 35.5. The molecule has 1 N–H and O–H groups in total. The van der Waals surface area contributed by atoms with Crippen LogP contribution in [0.15, 0.2) is 36.4 Å². The first kappa shape index (κ1) is 14.3. The van der Waals surface area contributed by atoms with Crippen LogP contribution in [0.25, 0.3) is 0 Å². The van der Waals surface area contributed by atoms with Crippen molar-refractivity contribution < 1.29 is 8.78 Å². The molecular formula is C15H11ClF2N2. The van der Waals surface area contributed by atoms with Gasteiger partial charge in [-0.3, -0.25) is 0 Å². The predicted molar refractivity (Wildman–Crippen MR) is 74.6 cm³/mol. The Kier molecular flexibility index (Phi) is 4.21. The highest BCUT2D eigenvalue weighted by Gasteiger charge is 2.14. The van der Waals surface area contributed by atoms with Gasteiger partial charge in [-0.25, -0.2) is 8.78 Å². The van der Waals surface area contributed by atoms with E-state index in [-0.39, 0.29) is 5.56 Å². The van der Waals surface area contributed by atoms with Gasteiger partial charge in [-0.1, -0.05) is 23.7 Å². The Morgan fingerprint density at radius 2 is 2.00 bits per heavy atom. The second-order valence-corrected chi connectivity index (χ2v) is 4.72. The van der Waals surface area contributed by atoms with Crippen molar-refractivity contribution in [3.63, 3.8) is 0 Å². The van der Waals surface area contributed by atoms with Crippen molar-refractivity contribution in [1.29, 1.82) is 5.26 Å². The molecule has 0 aliphatic carbocycles. The van der Waals surface area contributed by atoms with Crippen LogP contribution in [0.4, 0.5) is 14.5 Å². The molecule has 2 aromatic carbocycles. The van der Waals surface area contributed by atoms with E-state index in [1.54, 1.807) is 25.1 Å². The van der Waals surface area contributed by atoms with Crippen LogP contribution in [0.3, 0.4) is 0 Å². The molecule has 0 saturated carbocycles. The molecule has 0 aliphatic heterocycles. The van der Waals surface area contributed by atoms with Gasteiger partial charge in [-0.2, -0.15) is 5.26 Å². The van der Waals surface area contributed by atoms with Crippen LogP contribution in [-0.4, -0.2) is 0 Å². The maximum atomic E-state index is 13.7. The smallest absolute Gasteiger partial charge is 0.164 e. The number of halogens is 3. The number of nitriles is 1. The van der Waals surface area contributed by atoms with Gasteiger partial charge in [0.2, 0.25) is 0 Å². The molecule has 5 heteroatoms. The Labute approximate surface area is 120 Å². The van der Waals surface area contributed by atoms with E-state index in [1.165, 1.54) is 12.1 Å². The van der Waals surface area contributed by atoms with Crippen molar-refractivity contribution in [2.45, 2.75) is 13.0 Å². The predicted octanol–water partition coefficient (Wildman–Crippen LogP) is 4.66. The van der Waals surface area contributed by atoms with E-state index >= 15 is 0 Å². The summed E-state index contributed by atoms with van der Waals surface area (Å²) in [5.41, 5.74) is 1.22. The molecular weight excluding hydrogens is 282 g/mol. The summed E-state index contributed by atoms with van der Waals surface area (Å²) in [6.07, 6.45) is 0. The van der Waals surface area contributed by atoms with Crippen LogP contribution in [0, 0.1) is 23.0 Å². The molecule has 0 spiro atoms. The summed E-state index contributed by atoms with van der Waals surface area (Å²) in [7, 11) is 0. The maximum absolute atomic E-state index is 13.7. The van der Waals surface area contributed by atoms with Gasteiger partial charge in [0.1, 0.15) is 6.07 Å². The largest absolute Gasteiger partial charge is 0.378 e. The van der Waals surface area contributed by atoms with E-state index < -0.39 is 17.7 Å². The molecule has 102 valence electrons. The van der Waals surface area contributed by atoms with Gasteiger partial charge in [0.25, 0.3) is 0 Å². The van der Waals surface area contributed by atoms with Gasteiger partial charge in [-0.15, -0.1) is 0 Å². The Bertz CT molecular complexity index is 680. The Balaban J connectivity index is 2.24. The summed E-state index contributed by atoms with van der Waals surface area (Å²) in [6, 6.07) is 10.4. The molecule has 20 heavy (non-hydrogen) atoms. The lowest BCUT2D eigenvalue weighted by Gasteiger charge is -2.17. The van der Waals surface area contributed by atoms with E-state index in [4.69, 9.17) is 16.9 Å². The summed E-state index contributed by atoms with van der Waals surface area (Å²) < 4.78 is 26.8. The van der Waals surface area contributed by atoms with Crippen molar-refractivity contribution in [2.75, 3.05) is 5.32 Å². The number of rotatable bonds is 3. The van der Waals surface area contributed by atoms with E-state index in [9.17, 15) is 8.78 Å². The Morgan fingerprint density at radius 1 is 1.25 bits per heavy atom. The molecule has 0 amide bonds. The first-order valence-electron chi connectivity index (χ1n) is 5.93. The number of hydrogen-bond donors (Lipinski definition) is 1. The summed E-state index contributed by atoms with van der Waals surface area (Å²) in [4.78, 5) is 0. The zero-order chi connectivity index (χ0) is 14.7. The average Bonchev–Trinajstić information content (AvgIpc) is 2.42. The normalized spacial score (nSPS) is 11.8.